The molecule has 1 amide bonds. The van der Waals surface area contributed by atoms with E-state index in [2.05, 4.69) is 83.4 Å². The Labute approximate surface area is 260 Å². The van der Waals surface area contributed by atoms with E-state index in [0.717, 1.165) is 30.0 Å². The highest BCUT2D eigenvalue weighted by atomic mass is 16.5. The van der Waals surface area contributed by atoms with Crippen molar-refractivity contribution in [3.63, 3.8) is 0 Å². The number of likely N-dealkylation sites (N-methyl/N-ethyl adjacent to an activating group) is 1. The van der Waals surface area contributed by atoms with E-state index < -0.39 is 0 Å². The molecular weight excluding hydrogens is 550 g/mol. The average molecular weight is 594 g/mol. The van der Waals surface area contributed by atoms with Gasteiger partial charge in [0.1, 0.15) is 18.5 Å². The number of carbonyl (C=O) groups excluding carboxylic acids is 1. The van der Waals surface area contributed by atoms with Gasteiger partial charge in [0.05, 0.1) is 12.2 Å². The molecule has 1 aliphatic carbocycles. The van der Waals surface area contributed by atoms with E-state index >= 15 is 0 Å². The normalized spacial score (nSPS) is 19.3. The second kappa shape index (κ2) is 12.8. The lowest BCUT2D eigenvalue weighted by atomic mass is 9.91. The van der Waals surface area contributed by atoms with Crippen molar-refractivity contribution in [2.45, 2.75) is 64.2 Å². The molecule has 9 nitrogen and oxygen atoms in total. The van der Waals surface area contributed by atoms with Crippen molar-refractivity contribution in [3.05, 3.63) is 77.3 Å². The van der Waals surface area contributed by atoms with Crippen LogP contribution >= 0.6 is 0 Å². The Morgan fingerprint density at radius 2 is 1.98 bits per heavy atom. The van der Waals surface area contributed by atoms with Gasteiger partial charge in [0.15, 0.2) is 0 Å². The van der Waals surface area contributed by atoms with Gasteiger partial charge in [-0.15, -0.1) is 0 Å². The number of ether oxygens (including phenoxy) is 1. The number of piperazine rings is 1. The fourth-order valence-corrected chi connectivity index (χ4v) is 6.87. The van der Waals surface area contributed by atoms with Crippen LogP contribution in [0.2, 0.25) is 0 Å². The van der Waals surface area contributed by atoms with Gasteiger partial charge in [-0.25, -0.2) is 6.57 Å². The number of hydrogen-bond acceptors (Lipinski definition) is 7. The van der Waals surface area contributed by atoms with Gasteiger partial charge in [0.25, 0.3) is 0 Å². The van der Waals surface area contributed by atoms with Crippen molar-refractivity contribution in [1.82, 2.24) is 19.8 Å². The van der Waals surface area contributed by atoms with Crippen molar-refractivity contribution in [1.29, 1.82) is 0 Å². The third kappa shape index (κ3) is 5.83. The van der Waals surface area contributed by atoms with Crippen molar-refractivity contribution >= 4 is 28.2 Å². The summed E-state index contributed by atoms with van der Waals surface area (Å²) in [5.74, 6) is 0.747. The first-order chi connectivity index (χ1) is 21.4. The van der Waals surface area contributed by atoms with E-state index in [9.17, 15) is 4.79 Å². The lowest BCUT2D eigenvalue weighted by molar-refractivity contribution is -0.128. The third-order valence-electron chi connectivity index (χ3n) is 9.80. The SMILES string of the molecule is [C-]#[N+]CC1CN(c2nc(OC[C@H](C)N(C)C3CCC3)nc3c2CCN(c2cccc4cccc(C)c24)C3)CCN1C(=O)C=C. The van der Waals surface area contributed by atoms with Crippen LogP contribution in [0.3, 0.4) is 0 Å². The Morgan fingerprint density at radius 1 is 1.18 bits per heavy atom. The molecule has 3 heterocycles. The van der Waals surface area contributed by atoms with Gasteiger partial charge in [-0.05, 0) is 63.2 Å². The fourth-order valence-electron chi connectivity index (χ4n) is 6.87. The van der Waals surface area contributed by atoms with Crippen LogP contribution in [0, 0.1) is 13.5 Å². The maximum Gasteiger partial charge on any atom is 0.318 e. The molecule has 1 saturated carbocycles. The first kappa shape index (κ1) is 29.9. The Morgan fingerprint density at radius 3 is 2.70 bits per heavy atom. The summed E-state index contributed by atoms with van der Waals surface area (Å²) in [5, 5.41) is 2.52. The van der Waals surface area contributed by atoms with E-state index in [-0.39, 0.29) is 24.5 Å². The maximum atomic E-state index is 12.6. The molecule has 230 valence electrons. The minimum Gasteiger partial charge on any atom is -0.462 e. The highest BCUT2D eigenvalue weighted by molar-refractivity contribution is 5.97. The number of carbonyl (C=O) groups is 1. The van der Waals surface area contributed by atoms with Crippen molar-refractivity contribution in [2.75, 3.05) is 56.2 Å². The predicted octanol–water partition coefficient (Wildman–Crippen LogP) is 4.88. The first-order valence-corrected chi connectivity index (χ1v) is 15.9. The summed E-state index contributed by atoms with van der Waals surface area (Å²) in [4.78, 5) is 35.1. The highest BCUT2D eigenvalue weighted by Gasteiger charge is 2.35. The summed E-state index contributed by atoms with van der Waals surface area (Å²) in [6.07, 6.45) is 5.93. The standard InChI is InChI=1S/C35H43N7O2/c1-6-32(43)42-19-18-41(21-28(42)20-36-4)34-29-16-17-40(31-15-8-12-26-11-7-10-24(2)33(26)31)22-30(29)37-35(38-34)44-23-25(3)39(5)27-13-9-14-27/h6-8,10-12,15,25,27-28H,1,9,13-14,16-23H2,2-3,5H3/t25-,28?/m0/s1. The van der Waals surface area contributed by atoms with Gasteiger partial charge in [0, 0.05) is 54.9 Å². The van der Waals surface area contributed by atoms with Crippen LogP contribution in [0.5, 0.6) is 6.01 Å². The van der Waals surface area contributed by atoms with Gasteiger partial charge in [-0.3, -0.25) is 9.69 Å². The molecule has 3 aliphatic rings. The van der Waals surface area contributed by atoms with E-state index in [1.165, 1.54) is 47.4 Å². The molecule has 9 heteroatoms. The maximum absolute atomic E-state index is 12.6. The third-order valence-corrected chi connectivity index (χ3v) is 9.80. The zero-order valence-corrected chi connectivity index (χ0v) is 26.2. The number of benzene rings is 2. The van der Waals surface area contributed by atoms with Gasteiger partial charge in [0.2, 0.25) is 12.5 Å². The minimum absolute atomic E-state index is 0.127. The molecule has 6 rings (SSSR count). The number of amides is 1. The van der Waals surface area contributed by atoms with Crippen LogP contribution in [0.4, 0.5) is 11.5 Å². The molecule has 0 spiro atoms. The van der Waals surface area contributed by atoms with E-state index in [1.807, 2.05) is 0 Å². The summed E-state index contributed by atoms with van der Waals surface area (Å²) in [7, 11) is 2.18. The van der Waals surface area contributed by atoms with Crippen LogP contribution in [-0.2, 0) is 17.8 Å². The smallest absolute Gasteiger partial charge is 0.318 e. The molecule has 1 saturated heterocycles. The molecule has 0 radical (unpaired) electrons. The number of aryl methyl sites for hydroxylation is 1. The molecule has 44 heavy (non-hydrogen) atoms. The largest absolute Gasteiger partial charge is 0.462 e. The Balaban J connectivity index is 1.32. The number of hydrogen-bond donors (Lipinski definition) is 0. The summed E-state index contributed by atoms with van der Waals surface area (Å²) in [6, 6.07) is 14.0. The molecule has 2 fully saturated rings. The molecule has 0 N–H and O–H groups in total. The van der Waals surface area contributed by atoms with Gasteiger partial charge < -0.3 is 24.3 Å². The van der Waals surface area contributed by atoms with E-state index in [0.29, 0.717) is 44.8 Å². The summed E-state index contributed by atoms with van der Waals surface area (Å²) >= 11 is 0. The molecular formula is C35H43N7O2. The molecule has 2 aliphatic heterocycles. The quantitative estimate of drug-likeness (QED) is 0.259. The van der Waals surface area contributed by atoms with Crippen LogP contribution in [0.1, 0.15) is 43.0 Å². The first-order valence-electron chi connectivity index (χ1n) is 15.9. The van der Waals surface area contributed by atoms with Crippen molar-refractivity contribution < 1.29 is 9.53 Å². The van der Waals surface area contributed by atoms with Crippen LogP contribution in [0.15, 0.2) is 49.1 Å². The molecule has 0 bridgehead atoms. The van der Waals surface area contributed by atoms with Gasteiger partial charge >= 0.3 is 6.01 Å². The second-order valence-electron chi connectivity index (χ2n) is 12.5. The number of fused-ring (bicyclic) bond motifs is 2. The average Bonchev–Trinajstić information content (AvgIpc) is 3.01. The zero-order chi connectivity index (χ0) is 30.8. The predicted molar refractivity (Wildman–Crippen MR) is 175 cm³/mol. The lowest BCUT2D eigenvalue weighted by Gasteiger charge is -2.41. The molecule has 2 aromatic carbocycles. The molecule has 2 atom stereocenters. The minimum atomic E-state index is -0.225. The van der Waals surface area contributed by atoms with Crippen LogP contribution in [0.25, 0.3) is 15.6 Å². The number of aromatic nitrogens is 2. The monoisotopic (exact) mass is 593 g/mol. The molecule has 1 aromatic heterocycles. The zero-order valence-electron chi connectivity index (χ0n) is 26.2. The highest BCUT2D eigenvalue weighted by Crippen LogP contribution is 2.36. The van der Waals surface area contributed by atoms with E-state index in [1.54, 1.807) is 4.90 Å². The fraction of sp³-hybridized carbons (Fsp3) is 0.486. The Bertz CT molecular complexity index is 1570. The Kier molecular flexibility index (Phi) is 8.72. The lowest BCUT2D eigenvalue weighted by Crippen LogP contribution is -2.56. The topological polar surface area (TPSA) is 69.4 Å². The van der Waals surface area contributed by atoms with Crippen LogP contribution in [-0.4, -0.2) is 90.2 Å². The number of nitrogens with zero attached hydrogens (tertiary/aromatic N) is 7. The molecule has 3 aromatic rings. The number of anilines is 2. The van der Waals surface area contributed by atoms with Gasteiger partial charge in [-0.2, -0.15) is 9.97 Å². The second-order valence-corrected chi connectivity index (χ2v) is 12.5. The van der Waals surface area contributed by atoms with E-state index in [4.69, 9.17) is 21.3 Å². The summed E-state index contributed by atoms with van der Waals surface area (Å²) in [6.45, 7) is 19.5. The van der Waals surface area contributed by atoms with Crippen molar-refractivity contribution in [2.24, 2.45) is 0 Å². The summed E-state index contributed by atoms with van der Waals surface area (Å²) < 4.78 is 6.35. The summed E-state index contributed by atoms with van der Waals surface area (Å²) in [5.41, 5.74) is 4.60. The van der Waals surface area contributed by atoms with Crippen molar-refractivity contribution in [3.8, 4) is 6.01 Å². The van der Waals surface area contributed by atoms with Crippen LogP contribution < -0.4 is 14.5 Å². The van der Waals surface area contributed by atoms with Gasteiger partial charge in [-0.1, -0.05) is 43.3 Å². The molecule has 1 unspecified atom stereocenters. The number of rotatable bonds is 9. The Hall–Kier alpha value is -4.16.